The molecule has 1 aromatic carbocycles. The van der Waals surface area contributed by atoms with Crippen LogP contribution in [0.5, 0.6) is 0 Å². The third kappa shape index (κ3) is 5.27. The van der Waals surface area contributed by atoms with Gasteiger partial charge in [0.25, 0.3) is 0 Å². The van der Waals surface area contributed by atoms with E-state index in [1.807, 2.05) is 19.9 Å². The Bertz CT molecular complexity index is 718. The summed E-state index contributed by atoms with van der Waals surface area (Å²) in [7, 11) is 0. The number of benzene rings is 1. The van der Waals surface area contributed by atoms with Gasteiger partial charge in [-0.25, -0.2) is 0 Å². The summed E-state index contributed by atoms with van der Waals surface area (Å²) in [4.78, 5) is 35.3. The number of thioether (sulfide) groups is 1. The van der Waals surface area contributed by atoms with Gasteiger partial charge < -0.3 is 15.8 Å². The highest BCUT2D eigenvalue weighted by atomic mass is 32.2. The zero-order valence-electron chi connectivity index (χ0n) is 14.0. The zero-order chi connectivity index (χ0) is 18.6. The highest BCUT2D eigenvalue weighted by Gasteiger charge is 2.42. The fourth-order valence-electron chi connectivity index (χ4n) is 2.57. The second-order valence-corrected chi connectivity index (χ2v) is 8.61. The number of hydrogen-bond donors (Lipinski definition) is 2. The van der Waals surface area contributed by atoms with Crippen molar-refractivity contribution in [1.82, 2.24) is 5.32 Å². The molecule has 2 amide bonds. The first-order chi connectivity index (χ1) is 11.7. The first-order valence-electron chi connectivity index (χ1n) is 7.77. The molecule has 0 aliphatic carbocycles. The van der Waals surface area contributed by atoms with Crippen LogP contribution in [0.15, 0.2) is 24.3 Å². The van der Waals surface area contributed by atoms with Gasteiger partial charge in [0.05, 0.1) is 18.9 Å². The highest BCUT2D eigenvalue weighted by molar-refractivity contribution is 8.24. The number of ether oxygens (including phenoxy) is 1. The summed E-state index contributed by atoms with van der Waals surface area (Å²) < 4.78 is 5.20. The summed E-state index contributed by atoms with van der Waals surface area (Å²) in [5.41, 5.74) is 6.50. The lowest BCUT2D eigenvalue weighted by Gasteiger charge is -2.36. The molecule has 2 rings (SSSR count). The van der Waals surface area contributed by atoms with Crippen molar-refractivity contribution in [3.8, 4) is 0 Å². The number of hydrogen-bond acceptors (Lipinski definition) is 6. The Morgan fingerprint density at radius 3 is 2.76 bits per heavy atom. The van der Waals surface area contributed by atoms with E-state index in [0.717, 1.165) is 5.56 Å². The molecule has 0 radical (unpaired) electrons. The minimum atomic E-state index is -0.505. The molecule has 1 aliphatic heterocycles. The minimum absolute atomic E-state index is 0.00419. The van der Waals surface area contributed by atoms with Crippen LogP contribution in [-0.2, 0) is 20.7 Å². The topological polar surface area (TPSA) is 98.5 Å². The van der Waals surface area contributed by atoms with Gasteiger partial charge in [0, 0.05) is 16.7 Å². The number of nitrogens with one attached hydrogen (secondary N) is 1. The monoisotopic (exact) mass is 380 g/mol. The van der Waals surface area contributed by atoms with E-state index in [4.69, 9.17) is 22.7 Å². The maximum Gasteiger partial charge on any atom is 0.306 e. The van der Waals surface area contributed by atoms with Crippen molar-refractivity contribution in [2.24, 2.45) is 11.7 Å². The van der Waals surface area contributed by atoms with Gasteiger partial charge in [0.1, 0.15) is 4.32 Å². The van der Waals surface area contributed by atoms with Crippen LogP contribution in [0.3, 0.4) is 0 Å². The lowest BCUT2D eigenvalue weighted by molar-refractivity contribution is -0.147. The predicted octanol–water partition coefficient (Wildman–Crippen LogP) is 1.80. The van der Waals surface area contributed by atoms with E-state index in [2.05, 4.69) is 5.32 Å². The van der Waals surface area contributed by atoms with Crippen molar-refractivity contribution in [1.29, 1.82) is 0 Å². The van der Waals surface area contributed by atoms with Crippen molar-refractivity contribution in [2.75, 3.05) is 6.61 Å². The molecule has 8 heteroatoms. The molecule has 1 heterocycles. The van der Waals surface area contributed by atoms with Crippen LogP contribution in [0, 0.1) is 5.92 Å². The molecule has 25 heavy (non-hydrogen) atoms. The number of thiocarbonyl (C=S) groups is 1. The first kappa shape index (κ1) is 19.4. The summed E-state index contributed by atoms with van der Waals surface area (Å²) in [5.74, 6) is -1.69. The van der Waals surface area contributed by atoms with Crippen LogP contribution in [0.25, 0.3) is 0 Å². The molecule has 1 atom stereocenters. The quantitative estimate of drug-likeness (QED) is 0.577. The molecule has 1 saturated heterocycles. The molecule has 3 N–H and O–H groups in total. The summed E-state index contributed by atoms with van der Waals surface area (Å²) in [6.45, 7) is 3.94. The number of nitrogens with two attached hydrogens (primary N) is 1. The summed E-state index contributed by atoms with van der Waals surface area (Å²) in [6.07, 6.45) is 0.460. The van der Waals surface area contributed by atoms with Crippen LogP contribution in [0.4, 0.5) is 0 Å². The number of carbonyl (C=O) groups is 3. The third-order valence-electron chi connectivity index (χ3n) is 3.97. The average Bonchev–Trinajstić information content (AvgIpc) is 2.50. The van der Waals surface area contributed by atoms with Crippen molar-refractivity contribution in [3.05, 3.63) is 35.4 Å². The van der Waals surface area contributed by atoms with E-state index in [-0.39, 0.29) is 18.9 Å². The highest BCUT2D eigenvalue weighted by Crippen LogP contribution is 2.38. The molecule has 6 nitrogen and oxygen atoms in total. The van der Waals surface area contributed by atoms with Gasteiger partial charge in [-0.3, -0.25) is 14.4 Å². The normalized spacial score (nSPS) is 19.2. The van der Waals surface area contributed by atoms with Gasteiger partial charge >= 0.3 is 5.97 Å². The molecule has 1 aromatic rings. The summed E-state index contributed by atoms with van der Waals surface area (Å²) in [5, 5.41) is 2.59. The van der Waals surface area contributed by atoms with Crippen LogP contribution in [0.2, 0.25) is 0 Å². The van der Waals surface area contributed by atoms with Crippen LogP contribution >= 0.6 is 24.0 Å². The molecule has 1 unspecified atom stereocenters. The van der Waals surface area contributed by atoms with Crippen LogP contribution < -0.4 is 11.1 Å². The van der Waals surface area contributed by atoms with E-state index >= 15 is 0 Å². The Hall–Kier alpha value is -1.93. The standard InChI is InChI=1S/C17H20N2O4S2/c1-17(2)12(15(22)19-16(24)25-17)9-13(20)23-7-6-10-4-3-5-11(8-10)14(18)21/h3-5,8,12H,6-7,9H2,1-2H3,(H2,18,21)(H,19,22,24). The SMILES string of the molecule is CC1(C)SC(=S)NC(=O)C1CC(=O)OCCc1cccc(C(N)=O)c1. The smallest absolute Gasteiger partial charge is 0.306 e. The molecule has 1 fully saturated rings. The molecule has 0 spiro atoms. The average molecular weight is 380 g/mol. The lowest BCUT2D eigenvalue weighted by atomic mass is 9.90. The van der Waals surface area contributed by atoms with Gasteiger partial charge in [-0.2, -0.15) is 0 Å². The van der Waals surface area contributed by atoms with Crippen molar-refractivity contribution < 1.29 is 19.1 Å². The Kier molecular flexibility index (Phi) is 6.18. The Morgan fingerprint density at radius 1 is 1.40 bits per heavy atom. The van der Waals surface area contributed by atoms with Gasteiger partial charge in [-0.05, 0) is 31.5 Å². The molecular weight excluding hydrogens is 360 g/mol. The Balaban J connectivity index is 1.86. The first-order valence-corrected chi connectivity index (χ1v) is 9.00. The molecule has 0 aromatic heterocycles. The number of amides is 2. The summed E-state index contributed by atoms with van der Waals surface area (Å²) in [6, 6.07) is 6.86. The minimum Gasteiger partial charge on any atom is -0.465 e. The maximum absolute atomic E-state index is 12.1. The Labute approximate surface area is 155 Å². The van der Waals surface area contributed by atoms with E-state index < -0.39 is 22.5 Å². The Morgan fingerprint density at radius 2 is 2.12 bits per heavy atom. The second-order valence-electron chi connectivity index (χ2n) is 6.27. The second kappa shape index (κ2) is 7.97. The fraction of sp³-hybridized carbons (Fsp3) is 0.412. The van der Waals surface area contributed by atoms with Crippen molar-refractivity contribution >= 4 is 46.1 Å². The maximum atomic E-state index is 12.1. The molecule has 0 bridgehead atoms. The number of primary amides is 1. The number of esters is 1. The number of rotatable bonds is 6. The molecule has 1 aliphatic rings. The van der Waals surface area contributed by atoms with Crippen LogP contribution in [-0.4, -0.2) is 33.5 Å². The largest absolute Gasteiger partial charge is 0.465 e. The number of carbonyl (C=O) groups excluding carboxylic acids is 3. The molecule has 134 valence electrons. The van der Waals surface area contributed by atoms with E-state index in [1.165, 1.54) is 11.8 Å². The zero-order valence-corrected chi connectivity index (χ0v) is 15.7. The fourth-order valence-corrected chi connectivity index (χ4v) is 4.27. The van der Waals surface area contributed by atoms with Gasteiger partial charge in [0.2, 0.25) is 11.8 Å². The molecular formula is C17H20N2O4S2. The third-order valence-corrected chi connectivity index (χ3v) is 5.42. The van der Waals surface area contributed by atoms with E-state index in [9.17, 15) is 14.4 Å². The lowest BCUT2D eigenvalue weighted by Crippen LogP contribution is -2.50. The van der Waals surface area contributed by atoms with E-state index in [0.29, 0.717) is 16.3 Å². The predicted molar refractivity (Wildman–Crippen MR) is 100 cm³/mol. The summed E-state index contributed by atoms with van der Waals surface area (Å²) >= 11 is 6.40. The van der Waals surface area contributed by atoms with Gasteiger partial charge in [-0.15, -0.1) is 0 Å². The van der Waals surface area contributed by atoms with Gasteiger partial charge in [0.15, 0.2) is 0 Å². The molecule has 0 saturated carbocycles. The van der Waals surface area contributed by atoms with Crippen molar-refractivity contribution in [2.45, 2.75) is 31.4 Å². The van der Waals surface area contributed by atoms with Gasteiger partial charge in [-0.1, -0.05) is 36.1 Å². The van der Waals surface area contributed by atoms with E-state index in [1.54, 1.807) is 18.2 Å². The van der Waals surface area contributed by atoms with Crippen molar-refractivity contribution in [3.63, 3.8) is 0 Å². The van der Waals surface area contributed by atoms with Crippen LogP contribution in [0.1, 0.15) is 36.2 Å².